The van der Waals surface area contributed by atoms with Gasteiger partial charge in [-0.2, -0.15) is 0 Å². The van der Waals surface area contributed by atoms with E-state index in [2.05, 4.69) is 21.2 Å². The molecule has 0 aliphatic carbocycles. The smallest absolute Gasteiger partial charge is 0.322 e. The van der Waals surface area contributed by atoms with Gasteiger partial charge in [-0.25, -0.2) is 0 Å². The van der Waals surface area contributed by atoms with Crippen molar-refractivity contribution >= 4 is 27.8 Å². The largest absolute Gasteiger partial charge is 0.480 e. The lowest BCUT2D eigenvalue weighted by atomic mass is 10.1. The van der Waals surface area contributed by atoms with E-state index in [1.165, 1.54) is 0 Å². The van der Waals surface area contributed by atoms with E-state index in [-0.39, 0.29) is 6.54 Å². The maximum absolute atomic E-state index is 11.5. The normalized spacial score (nSPS) is 9.73. The van der Waals surface area contributed by atoms with E-state index >= 15 is 0 Å². The van der Waals surface area contributed by atoms with Crippen LogP contribution in [0, 0.1) is 6.92 Å². The Balaban J connectivity index is 2.81. The molecule has 80 valence electrons. The number of aryl methyl sites for hydroxylation is 1. The molecule has 1 rings (SSSR count). The molecule has 0 saturated carbocycles. The number of nitrogens with one attached hydrogen (secondary N) is 1. The van der Waals surface area contributed by atoms with Gasteiger partial charge in [-0.1, -0.05) is 11.6 Å². The lowest BCUT2D eigenvalue weighted by molar-refractivity contribution is -0.135. The number of carbonyl (C=O) groups is 2. The molecule has 0 bridgehead atoms. The topological polar surface area (TPSA) is 66.4 Å². The number of hydrogen-bond donors (Lipinski definition) is 2. The fourth-order valence-electron chi connectivity index (χ4n) is 1.06. The van der Waals surface area contributed by atoms with Gasteiger partial charge < -0.3 is 10.4 Å². The van der Waals surface area contributed by atoms with Crippen LogP contribution in [0.2, 0.25) is 0 Å². The van der Waals surface area contributed by atoms with Crippen molar-refractivity contribution in [2.24, 2.45) is 0 Å². The highest BCUT2D eigenvalue weighted by atomic mass is 79.9. The molecule has 0 unspecified atom stereocenters. The summed E-state index contributed by atoms with van der Waals surface area (Å²) < 4.78 is 0.649. The monoisotopic (exact) mass is 271 g/mol. The van der Waals surface area contributed by atoms with Crippen LogP contribution in [0.3, 0.4) is 0 Å². The van der Waals surface area contributed by atoms with Gasteiger partial charge in [0, 0.05) is 4.47 Å². The average Bonchev–Trinajstić information content (AvgIpc) is 2.18. The molecule has 4 nitrogen and oxygen atoms in total. The SMILES string of the molecule is Cc1ccc(Br)c(C(=O)NCC(=O)O)c1. The Bertz CT molecular complexity index is 404. The molecular formula is C10H10BrNO3. The predicted molar refractivity (Wildman–Crippen MR) is 58.8 cm³/mol. The van der Waals surface area contributed by atoms with E-state index in [9.17, 15) is 9.59 Å². The molecule has 0 aromatic heterocycles. The number of halogens is 1. The summed E-state index contributed by atoms with van der Waals surface area (Å²) in [6.07, 6.45) is 0. The maximum atomic E-state index is 11.5. The van der Waals surface area contributed by atoms with Crippen molar-refractivity contribution < 1.29 is 14.7 Å². The molecule has 1 amide bonds. The summed E-state index contributed by atoms with van der Waals surface area (Å²) in [4.78, 5) is 21.8. The Hall–Kier alpha value is -1.36. The molecule has 5 heteroatoms. The van der Waals surface area contributed by atoms with Gasteiger partial charge in [0.1, 0.15) is 6.54 Å². The first-order valence-corrected chi connectivity index (χ1v) is 5.06. The minimum atomic E-state index is -1.06. The first kappa shape index (κ1) is 11.7. The lowest BCUT2D eigenvalue weighted by Gasteiger charge is -2.05. The molecule has 0 heterocycles. The number of carboxylic acid groups (broad SMARTS) is 1. The van der Waals surface area contributed by atoms with Gasteiger partial charge in [0.25, 0.3) is 5.91 Å². The molecule has 1 aromatic carbocycles. The second kappa shape index (κ2) is 4.93. The van der Waals surface area contributed by atoms with E-state index in [1.54, 1.807) is 12.1 Å². The molecular weight excluding hydrogens is 262 g/mol. The molecule has 0 fully saturated rings. The fourth-order valence-corrected chi connectivity index (χ4v) is 1.49. The molecule has 2 N–H and O–H groups in total. The summed E-state index contributed by atoms with van der Waals surface area (Å²) >= 11 is 3.23. The summed E-state index contributed by atoms with van der Waals surface area (Å²) in [6, 6.07) is 5.31. The number of rotatable bonds is 3. The Labute approximate surface area is 95.4 Å². The van der Waals surface area contributed by atoms with Crippen LogP contribution in [0.4, 0.5) is 0 Å². The zero-order valence-corrected chi connectivity index (χ0v) is 9.67. The van der Waals surface area contributed by atoms with Crippen LogP contribution in [0.1, 0.15) is 15.9 Å². The van der Waals surface area contributed by atoms with Gasteiger partial charge in [0.15, 0.2) is 0 Å². The summed E-state index contributed by atoms with van der Waals surface area (Å²) in [7, 11) is 0. The van der Waals surface area contributed by atoms with Gasteiger partial charge in [-0.3, -0.25) is 9.59 Å². The first-order valence-electron chi connectivity index (χ1n) is 4.27. The summed E-state index contributed by atoms with van der Waals surface area (Å²) in [5, 5.41) is 10.7. The molecule has 0 atom stereocenters. The molecule has 0 aliphatic rings. The van der Waals surface area contributed by atoms with Gasteiger partial charge in [-0.05, 0) is 35.0 Å². The number of carboxylic acids is 1. The van der Waals surface area contributed by atoms with E-state index in [4.69, 9.17) is 5.11 Å². The third-order valence-electron chi connectivity index (χ3n) is 1.77. The minimum absolute atomic E-state index is 0.376. The Morgan fingerprint density at radius 3 is 2.73 bits per heavy atom. The fraction of sp³-hybridized carbons (Fsp3) is 0.200. The van der Waals surface area contributed by atoms with Gasteiger partial charge >= 0.3 is 5.97 Å². The number of carbonyl (C=O) groups excluding carboxylic acids is 1. The Morgan fingerprint density at radius 2 is 2.13 bits per heavy atom. The average molecular weight is 272 g/mol. The quantitative estimate of drug-likeness (QED) is 0.877. The second-order valence-corrected chi connectivity index (χ2v) is 3.91. The lowest BCUT2D eigenvalue weighted by Crippen LogP contribution is -2.29. The van der Waals surface area contributed by atoms with Crippen molar-refractivity contribution in [1.29, 1.82) is 0 Å². The molecule has 0 saturated heterocycles. The van der Waals surface area contributed by atoms with Gasteiger partial charge in [0.2, 0.25) is 0 Å². The molecule has 0 spiro atoms. The van der Waals surface area contributed by atoms with Crippen LogP contribution >= 0.6 is 15.9 Å². The Kier molecular flexibility index (Phi) is 3.85. The van der Waals surface area contributed by atoms with Crippen molar-refractivity contribution in [3.8, 4) is 0 Å². The van der Waals surface area contributed by atoms with Crippen molar-refractivity contribution in [3.63, 3.8) is 0 Å². The molecule has 1 aromatic rings. The summed E-state index contributed by atoms with van der Waals surface area (Å²) in [5.74, 6) is -1.46. The highest BCUT2D eigenvalue weighted by Gasteiger charge is 2.10. The van der Waals surface area contributed by atoms with Crippen molar-refractivity contribution in [2.45, 2.75) is 6.92 Å². The predicted octanol–water partition coefficient (Wildman–Crippen LogP) is 1.57. The van der Waals surface area contributed by atoms with E-state index in [0.717, 1.165) is 5.56 Å². The highest BCUT2D eigenvalue weighted by Crippen LogP contribution is 2.17. The van der Waals surface area contributed by atoms with Crippen LogP contribution < -0.4 is 5.32 Å². The van der Waals surface area contributed by atoms with E-state index in [0.29, 0.717) is 10.0 Å². The third-order valence-corrected chi connectivity index (χ3v) is 2.46. The van der Waals surface area contributed by atoms with Crippen molar-refractivity contribution in [2.75, 3.05) is 6.54 Å². The van der Waals surface area contributed by atoms with Crippen LogP contribution in [0.5, 0.6) is 0 Å². The van der Waals surface area contributed by atoms with Gasteiger partial charge in [0.05, 0.1) is 5.56 Å². The van der Waals surface area contributed by atoms with Crippen LogP contribution in [0.15, 0.2) is 22.7 Å². The van der Waals surface area contributed by atoms with Crippen molar-refractivity contribution in [1.82, 2.24) is 5.32 Å². The minimum Gasteiger partial charge on any atom is -0.480 e. The molecule has 0 aliphatic heterocycles. The van der Waals surface area contributed by atoms with E-state index < -0.39 is 11.9 Å². The number of hydrogen-bond acceptors (Lipinski definition) is 2. The molecule has 15 heavy (non-hydrogen) atoms. The number of amides is 1. The molecule has 0 radical (unpaired) electrons. The van der Waals surface area contributed by atoms with Crippen molar-refractivity contribution in [3.05, 3.63) is 33.8 Å². The zero-order chi connectivity index (χ0) is 11.4. The standard InChI is InChI=1S/C10H10BrNO3/c1-6-2-3-8(11)7(4-6)10(15)12-5-9(13)14/h2-4H,5H2,1H3,(H,12,15)(H,13,14). The Morgan fingerprint density at radius 1 is 1.47 bits per heavy atom. The first-order chi connectivity index (χ1) is 7.00. The third kappa shape index (κ3) is 3.36. The van der Waals surface area contributed by atoms with Gasteiger partial charge in [-0.15, -0.1) is 0 Å². The summed E-state index contributed by atoms with van der Waals surface area (Å²) in [6.45, 7) is 1.49. The highest BCUT2D eigenvalue weighted by molar-refractivity contribution is 9.10. The van der Waals surface area contributed by atoms with Crippen LogP contribution in [0.25, 0.3) is 0 Å². The number of benzene rings is 1. The van der Waals surface area contributed by atoms with Crippen LogP contribution in [-0.4, -0.2) is 23.5 Å². The maximum Gasteiger partial charge on any atom is 0.322 e. The van der Waals surface area contributed by atoms with Crippen LogP contribution in [-0.2, 0) is 4.79 Å². The van der Waals surface area contributed by atoms with E-state index in [1.807, 2.05) is 13.0 Å². The second-order valence-electron chi connectivity index (χ2n) is 3.06. The summed E-state index contributed by atoms with van der Waals surface area (Å²) in [5.41, 5.74) is 1.38. The zero-order valence-electron chi connectivity index (χ0n) is 8.08. The number of aliphatic carboxylic acids is 1.